The standard InChI is InChI=1S/C13H20N4O/c1-10-8-16-13(18)12(2-5-14)17(10)9-11-3-6-15-7-4-11/h3-4,6-7,10,12H,2,5,8-9,14H2,1H3,(H,16,18). The molecule has 18 heavy (non-hydrogen) atoms. The minimum absolute atomic E-state index is 0.0904. The van der Waals surface area contributed by atoms with Crippen LogP contribution in [0, 0.1) is 0 Å². The summed E-state index contributed by atoms with van der Waals surface area (Å²) in [6.45, 7) is 4.12. The monoisotopic (exact) mass is 248 g/mol. The van der Waals surface area contributed by atoms with Gasteiger partial charge in [0.15, 0.2) is 0 Å². The zero-order chi connectivity index (χ0) is 13.0. The molecule has 1 amide bonds. The normalized spacial score (nSPS) is 24.9. The van der Waals surface area contributed by atoms with E-state index in [1.807, 2.05) is 12.1 Å². The number of pyridine rings is 1. The number of nitrogens with two attached hydrogens (primary N) is 1. The number of carbonyl (C=O) groups excluding carboxylic acids is 1. The van der Waals surface area contributed by atoms with Crippen molar-refractivity contribution in [2.24, 2.45) is 5.73 Å². The largest absolute Gasteiger partial charge is 0.353 e. The first-order chi connectivity index (χ1) is 8.72. The van der Waals surface area contributed by atoms with Crippen molar-refractivity contribution in [3.8, 4) is 0 Å². The number of amides is 1. The lowest BCUT2D eigenvalue weighted by Gasteiger charge is -2.40. The van der Waals surface area contributed by atoms with Gasteiger partial charge in [-0.05, 0) is 37.6 Å². The van der Waals surface area contributed by atoms with Gasteiger partial charge in [-0.1, -0.05) is 0 Å². The summed E-state index contributed by atoms with van der Waals surface area (Å²) in [7, 11) is 0. The molecular weight excluding hydrogens is 228 g/mol. The van der Waals surface area contributed by atoms with Gasteiger partial charge in [0.1, 0.15) is 0 Å². The van der Waals surface area contributed by atoms with E-state index in [-0.39, 0.29) is 11.9 Å². The molecule has 98 valence electrons. The highest BCUT2D eigenvalue weighted by molar-refractivity contribution is 5.82. The maximum atomic E-state index is 11.9. The molecule has 2 heterocycles. The van der Waals surface area contributed by atoms with E-state index >= 15 is 0 Å². The van der Waals surface area contributed by atoms with Gasteiger partial charge in [-0.25, -0.2) is 0 Å². The number of hydrogen-bond donors (Lipinski definition) is 2. The molecule has 3 N–H and O–H groups in total. The van der Waals surface area contributed by atoms with Crippen LogP contribution >= 0.6 is 0 Å². The second-order valence-electron chi connectivity index (χ2n) is 4.72. The second kappa shape index (κ2) is 5.93. The fraction of sp³-hybridized carbons (Fsp3) is 0.538. The number of nitrogens with zero attached hydrogens (tertiary/aromatic N) is 2. The zero-order valence-electron chi connectivity index (χ0n) is 10.7. The van der Waals surface area contributed by atoms with Gasteiger partial charge in [-0.15, -0.1) is 0 Å². The van der Waals surface area contributed by atoms with E-state index in [0.29, 0.717) is 25.6 Å². The lowest BCUT2D eigenvalue weighted by atomic mass is 10.0. The molecule has 0 bridgehead atoms. The Labute approximate surface area is 107 Å². The molecule has 0 spiro atoms. The van der Waals surface area contributed by atoms with E-state index in [4.69, 9.17) is 5.73 Å². The van der Waals surface area contributed by atoms with Crippen LogP contribution in [0.3, 0.4) is 0 Å². The second-order valence-corrected chi connectivity index (χ2v) is 4.72. The van der Waals surface area contributed by atoms with Gasteiger partial charge >= 0.3 is 0 Å². The van der Waals surface area contributed by atoms with Crippen LogP contribution in [0.1, 0.15) is 18.9 Å². The Balaban J connectivity index is 2.13. The molecule has 1 fully saturated rings. The van der Waals surface area contributed by atoms with Crippen LogP contribution in [0.25, 0.3) is 0 Å². The summed E-state index contributed by atoms with van der Waals surface area (Å²) in [5, 5.41) is 2.93. The third-order valence-corrected chi connectivity index (χ3v) is 3.40. The van der Waals surface area contributed by atoms with Crippen LogP contribution in [0.4, 0.5) is 0 Å². The number of hydrogen-bond acceptors (Lipinski definition) is 4. The van der Waals surface area contributed by atoms with Crippen molar-refractivity contribution in [2.45, 2.75) is 32.0 Å². The quantitative estimate of drug-likeness (QED) is 0.794. The van der Waals surface area contributed by atoms with Crippen molar-refractivity contribution in [2.75, 3.05) is 13.1 Å². The van der Waals surface area contributed by atoms with Gasteiger partial charge in [-0.3, -0.25) is 14.7 Å². The van der Waals surface area contributed by atoms with Crippen molar-refractivity contribution in [1.29, 1.82) is 0 Å². The summed E-state index contributed by atoms with van der Waals surface area (Å²) < 4.78 is 0. The number of carbonyl (C=O) groups is 1. The Morgan fingerprint density at radius 1 is 1.50 bits per heavy atom. The van der Waals surface area contributed by atoms with Crippen LogP contribution in [0.15, 0.2) is 24.5 Å². The highest BCUT2D eigenvalue weighted by Crippen LogP contribution is 2.17. The Bertz CT molecular complexity index is 395. The predicted octanol–water partition coefficient (Wildman–Crippen LogP) is 0.119. The maximum absolute atomic E-state index is 11.9. The number of rotatable bonds is 4. The lowest BCUT2D eigenvalue weighted by Crippen LogP contribution is -2.59. The summed E-state index contributed by atoms with van der Waals surface area (Å²) in [6, 6.07) is 4.18. The molecule has 0 aromatic carbocycles. The van der Waals surface area contributed by atoms with E-state index in [0.717, 1.165) is 6.54 Å². The SMILES string of the molecule is CC1CNC(=O)C(CCN)N1Cc1ccncc1. The summed E-state index contributed by atoms with van der Waals surface area (Å²) >= 11 is 0. The van der Waals surface area contributed by atoms with Gasteiger partial charge < -0.3 is 11.1 Å². The van der Waals surface area contributed by atoms with Crippen LogP contribution in [-0.4, -0.2) is 41.0 Å². The maximum Gasteiger partial charge on any atom is 0.237 e. The Hall–Kier alpha value is -1.46. The molecule has 1 aromatic heterocycles. The molecule has 0 saturated carbocycles. The minimum atomic E-state index is -0.119. The van der Waals surface area contributed by atoms with Gasteiger partial charge in [0.25, 0.3) is 0 Å². The first-order valence-corrected chi connectivity index (χ1v) is 6.35. The van der Waals surface area contributed by atoms with Gasteiger partial charge in [-0.2, -0.15) is 0 Å². The lowest BCUT2D eigenvalue weighted by molar-refractivity contribution is -0.131. The Kier molecular flexibility index (Phi) is 4.28. The van der Waals surface area contributed by atoms with E-state index in [1.165, 1.54) is 5.56 Å². The molecule has 2 atom stereocenters. The van der Waals surface area contributed by atoms with E-state index in [1.54, 1.807) is 12.4 Å². The molecule has 1 aliphatic rings. The average Bonchev–Trinajstić information content (AvgIpc) is 2.39. The molecule has 1 saturated heterocycles. The molecule has 5 nitrogen and oxygen atoms in total. The molecular formula is C13H20N4O. The number of nitrogens with one attached hydrogen (secondary N) is 1. The molecule has 1 aliphatic heterocycles. The van der Waals surface area contributed by atoms with Crippen molar-refractivity contribution >= 4 is 5.91 Å². The van der Waals surface area contributed by atoms with Crippen molar-refractivity contribution < 1.29 is 4.79 Å². The van der Waals surface area contributed by atoms with Gasteiger partial charge in [0.05, 0.1) is 6.04 Å². The Morgan fingerprint density at radius 2 is 2.22 bits per heavy atom. The third-order valence-electron chi connectivity index (χ3n) is 3.40. The fourth-order valence-electron chi connectivity index (χ4n) is 2.36. The van der Waals surface area contributed by atoms with E-state index in [2.05, 4.69) is 22.1 Å². The topological polar surface area (TPSA) is 71.2 Å². The fourth-order valence-corrected chi connectivity index (χ4v) is 2.36. The van der Waals surface area contributed by atoms with Crippen LogP contribution in [-0.2, 0) is 11.3 Å². The molecule has 0 radical (unpaired) electrons. The summed E-state index contributed by atoms with van der Waals surface area (Å²) in [4.78, 5) is 18.1. The van der Waals surface area contributed by atoms with Crippen LogP contribution < -0.4 is 11.1 Å². The zero-order valence-corrected chi connectivity index (χ0v) is 10.7. The van der Waals surface area contributed by atoms with Crippen LogP contribution in [0.5, 0.6) is 0 Å². The Morgan fingerprint density at radius 3 is 2.89 bits per heavy atom. The van der Waals surface area contributed by atoms with Gasteiger partial charge in [0, 0.05) is 31.5 Å². The highest BCUT2D eigenvalue weighted by atomic mass is 16.2. The first kappa shape index (κ1) is 13.0. The van der Waals surface area contributed by atoms with Crippen LogP contribution in [0.2, 0.25) is 0 Å². The first-order valence-electron chi connectivity index (χ1n) is 6.35. The minimum Gasteiger partial charge on any atom is -0.353 e. The highest BCUT2D eigenvalue weighted by Gasteiger charge is 2.33. The summed E-state index contributed by atoms with van der Waals surface area (Å²) in [5.41, 5.74) is 6.78. The number of piperazine rings is 1. The molecule has 2 unspecified atom stereocenters. The van der Waals surface area contributed by atoms with Crippen molar-refractivity contribution in [1.82, 2.24) is 15.2 Å². The molecule has 1 aromatic rings. The molecule has 5 heteroatoms. The number of aromatic nitrogens is 1. The summed E-state index contributed by atoms with van der Waals surface area (Å²) in [5.74, 6) is 0.0904. The van der Waals surface area contributed by atoms with Crippen molar-refractivity contribution in [3.05, 3.63) is 30.1 Å². The van der Waals surface area contributed by atoms with E-state index < -0.39 is 0 Å². The van der Waals surface area contributed by atoms with Gasteiger partial charge in [0.2, 0.25) is 5.91 Å². The average molecular weight is 248 g/mol. The molecule has 0 aliphatic carbocycles. The smallest absolute Gasteiger partial charge is 0.237 e. The van der Waals surface area contributed by atoms with E-state index in [9.17, 15) is 4.79 Å². The predicted molar refractivity (Wildman–Crippen MR) is 69.7 cm³/mol. The van der Waals surface area contributed by atoms with Crippen molar-refractivity contribution in [3.63, 3.8) is 0 Å². The molecule has 2 rings (SSSR count). The summed E-state index contributed by atoms with van der Waals surface area (Å²) in [6.07, 6.45) is 4.26. The third kappa shape index (κ3) is 2.86.